The van der Waals surface area contributed by atoms with Gasteiger partial charge in [0, 0.05) is 19.7 Å². The normalized spacial score (nSPS) is 26.5. The molecule has 1 heterocycles. The van der Waals surface area contributed by atoms with Crippen molar-refractivity contribution >= 4 is 0 Å². The van der Waals surface area contributed by atoms with Crippen molar-refractivity contribution in [3.63, 3.8) is 0 Å². The highest BCUT2D eigenvalue weighted by molar-refractivity contribution is 4.89. The Morgan fingerprint density at radius 3 is 2.81 bits per heavy atom. The summed E-state index contributed by atoms with van der Waals surface area (Å²) in [4.78, 5) is 1.83. The summed E-state index contributed by atoms with van der Waals surface area (Å²) in [6, 6.07) is -0.299. The van der Waals surface area contributed by atoms with Crippen molar-refractivity contribution in [3.8, 4) is 0 Å². The Morgan fingerprint density at radius 2 is 2.25 bits per heavy atom. The van der Waals surface area contributed by atoms with Gasteiger partial charge >= 0.3 is 6.18 Å². The third kappa shape index (κ3) is 4.02. The van der Waals surface area contributed by atoms with E-state index in [9.17, 15) is 13.2 Å². The van der Waals surface area contributed by atoms with Gasteiger partial charge in [-0.15, -0.1) is 0 Å². The maximum Gasteiger partial charge on any atom is 0.401 e. The van der Waals surface area contributed by atoms with Crippen LogP contribution in [0, 0.1) is 0 Å². The van der Waals surface area contributed by atoms with Crippen molar-refractivity contribution < 1.29 is 17.9 Å². The quantitative estimate of drug-likeness (QED) is 0.800. The van der Waals surface area contributed by atoms with Crippen LogP contribution in [0.4, 0.5) is 13.2 Å². The predicted octanol–water partition coefficient (Wildman–Crippen LogP) is 1.37. The van der Waals surface area contributed by atoms with Crippen LogP contribution in [0.2, 0.25) is 0 Å². The van der Waals surface area contributed by atoms with Crippen LogP contribution in [0.3, 0.4) is 0 Å². The molecule has 16 heavy (non-hydrogen) atoms. The fraction of sp³-hybridized carbons (Fsp3) is 0.800. The molecule has 0 bridgehead atoms. The summed E-state index contributed by atoms with van der Waals surface area (Å²) in [5, 5.41) is 2.49. The number of alkyl halides is 3. The van der Waals surface area contributed by atoms with Gasteiger partial charge in [-0.05, 0) is 12.6 Å². The van der Waals surface area contributed by atoms with Crippen LogP contribution in [0.25, 0.3) is 0 Å². The zero-order valence-corrected chi connectivity index (χ0v) is 9.26. The standard InChI is InChI=1S/C10H17F3N2O/c1-3-15(2)9-4-5-16-6-8(9)14-7-10(11,12)13/h3,8-9,14H,1,4-7H2,2H3/t8-,9+/m1/s1. The number of ether oxygens (including phenoxy) is 1. The molecule has 0 unspecified atom stereocenters. The van der Waals surface area contributed by atoms with Crippen molar-refractivity contribution in [2.45, 2.75) is 24.7 Å². The van der Waals surface area contributed by atoms with Crippen LogP contribution in [0.15, 0.2) is 12.8 Å². The third-order valence-corrected chi connectivity index (χ3v) is 2.70. The summed E-state index contributed by atoms with van der Waals surface area (Å²) >= 11 is 0. The van der Waals surface area contributed by atoms with E-state index in [1.54, 1.807) is 6.20 Å². The van der Waals surface area contributed by atoms with E-state index < -0.39 is 12.7 Å². The highest BCUT2D eigenvalue weighted by atomic mass is 19.4. The summed E-state index contributed by atoms with van der Waals surface area (Å²) < 4.78 is 41.4. The van der Waals surface area contributed by atoms with E-state index in [2.05, 4.69) is 11.9 Å². The monoisotopic (exact) mass is 238 g/mol. The van der Waals surface area contributed by atoms with E-state index in [0.717, 1.165) is 0 Å². The first-order chi connectivity index (χ1) is 7.44. The second-order valence-corrected chi connectivity index (χ2v) is 3.88. The topological polar surface area (TPSA) is 24.5 Å². The van der Waals surface area contributed by atoms with E-state index in [1.165, 1.54) is 0 Å². The maximum absolute atomic E-state index is 12.1. The minimum Gasteiger partial charge on any atom is -0.380 e. The molecule has 0 amide bonds. The smallest absolute Gasteiger partial charge is 0.380 e. The van der Waals surface area contributed by atoms with Gasteiger partial charge in [-0.3, -0.25) is 0 Å². The first-order valence-corrected chi connectivity index (χ1v) is 5.16. The minimum absolute atomic E-state index is 0.00796. The zero-order chi connectivity index (χ0) is 12.2. The van der Waals surface area contributed by atoms with Crippen molar-refractivity contribution in [1.82, 2.24) is 10.2 Å². The number of likely N-dealkylation sites (N-methyl/N-ethyl adjacent to an activating group) is 1. The molecular formula is C10H17F3N2O. The molecule has 0 aliphatic carbocycles. The SMILES string of the molecule is C=CN(C)[C@H]1CCOC[C@H]1NCC(F)(F)F. The van der Waals surface area contributed by atoms with Gasteiger partial charge in [0.05, 0.1) is 19.2 Å². The van der Waals surface area contributed by atoms with E-state index in [1.807, 2.05) is 11.9 Å². The summed E-state index contributed by atoms with van der Waals surface area (Å²) in [6.45, 7) is 3.51. The zero-order valence-electron chi connectivity index (χ0n) is 9.26. The van der Waals surface area contributed by atoms with Crippen molar-refractivity contribution in [2.24, 2.45) is 0 Å². The molecule has 3 nitrogen and oxygen atoms in total. The van der Waals surface area contributed by atoms with Crippen LogP contribution < -0.4 is 5.32 Å². The van der Waals surface area contributed by atoms with Crippen LogP contribution in [0.1, 0.15) is 6.42 Å². The Bertz CT molecular complexity index is 233. The van der Waals surface area contributed by atoms with Crippen molar-refractivity contribution in [3.05, 3.63) is 12.8 Å². The predicted molar refractivity (Wildman–Crippen MR) is 55.0 cm³/mol. The van der Waals surface area contributed by atoms with Gasteiger partial charge in [0.2, 0.25) is 0 Å². The van der Waals surface area contributed by atoms with Crippen LogP contribution in [-0.4, -0.2) is 50.0 Å². The fourth-order valence-electron chi connectivity index (χ4n) is 1.79. The molecule has 1 aliphatic rings. The molecule has 1 aliphatic heterocycles. The molecule has 1 rings (SSSR count). The number of hydrogen-bond acceptors (Lipinski definition) is 3. The second-order valence-electron chi connectivity index (χ2n) is 3.88. The molecule has 0 aromatic carbocycles. The number of halogens is 3. The van der Waals surface area contributed by atoms with Gasteiger partial charge < -0.3 is 15.0 Å². The second kappa shape index (κ2) is 5.54. The highest BCUT2D eigenvalue weighted by Crippen LogP contribution is 2.17. The molecule has 94 valence electrons. The largest absolute Gasteiger partial charge is 0.401 e. The summed E-state index contributed by atoms with van der Waals surface area (Å²) in [5.41, 5.74) is 0. The Labute approximate surface area is 93.2 Å². The van der Waals surface area contributed by atoms with Crippen LogP contribution in [-0.2, 0) is 4.74 Å². The average Bonchev–Trinajstić information content (AvgIpc) is 2.25. The van der Waals surface area contributed by atoms with Crippen LogP contribution >= 0.6 is 0 Å². The molecule has 1 saturated heterocycles. The van der Waals surface area contributed by atoms with Crippen molar-refractivity contribution in [2.75, 3.05) is 26.8 Å². The lowest BCUT2D eigenvalue weighted by Crippen LogP contribution is -2.54. The molecule has 1 fully saturated rings. The lowest BCUT2D eigenvalue weighted by Gasteiger charge is -2.37. The third-order valence-electron chi connectivity index (χ3n) is 2.70. The summed E-state index contributed by atoms with van der Waals surface area (Å²) in [5.74, 6) is 0. The molecule has 1 N–H and O–H groups in total. The lowest BCUT2D eigenvalue weighted by molar-refractivity contribution is -0.129. The molecular weight excluding hydrogens is 221 g/mol. The van der Waals surface area contributed by atoms with Crippen LogP contribution in [0.5, 0.6) is 0 Å². The Balaban J connectivity index is 2.50. The fourth-order valence-corrected chi connectivity index (χ4v) is 1.79. The van der Waals surface area contributed by atoms with Gasteiger partial charge in [-0.2, -0.15) is 13.2 Å². The lowest BCUT2D eigenvalue weighted by atomic mass is 10.0. The Morgan fingerprint density at radius 1 is 1.56 bits per heavy atom. The van der Waals surface area contributed by atoms with E-state index >= 15 is 0 Å². The number of nitrogens with zero attached hydrogens (tertiary/aromatic N) is 1. The van der Waals surface area contributed by atoms with Crippen molar-refractivity contribution in [1.29, 1.82) is 0 Å². The van der Waals surface area contributed by atoms with Gasteiger partial charge in [-0.25, -0.2) is 0 Å². The first-order valence-electron chi connectivity index (χ1n) is 5.16. The van der Waals surface area contributed by atoms with E-state index in [0.29, 0.717) is 19.6 Å². The number of nitrogens with one attached hydrogen (secondary N) is 1. The molecule has 0 radical (unpaired) electrons. The highest BCUT2D eigenvalue weighted by Gasteiger charge is 2.33. The molecule has 0 spiro atoms. The van der Waals surface area contributed by atoms with E-state index in [4.69, 9.17) is 4.74 Å². The van der Waals surface area contributed by atoms with Gasteiger partial charge in [0.1, 0.15) is 0 Å². The average molecular weight is 238 g/mol. The Hall–Kier alpha value is -0.750. The molecule has 2 atom stereocenters. The number of rotatable bonds is 4. The van der Waals surface area contributed by atoms with Gasteiger partial charge in [0.25, 0.3) is 0 Å². The summed E-state index contributed by atoms with van der Waals surface area (Å²) in [6.07, 6.45) is -1.86. The molecule has 0 aromatic heterocycles. The first kappa shape index (κ1) is 13.3. The van der Waals surface area contributed by atoms with E-state index in [-0.39, 0.29) is 12.1 Å². The molecule has 0 saturated carbocycles. The summed E-state index contributed by atoms with van der Waals surface area (Å²) in [7, 11) is 1.81. The molecule has 0 aromatic rings. The Kier molecular flexibility index (Phi) is 4.61. The molecule has 6 heteroatoms. The number of hydrogen-bond donors (Lipinski definition) is 1. The van der Waals surface area contributed by atoms with Gasteiger partial charge in [-0.1, -0.05) is 6.58 Å². The minimum atomic E-state index is -4.19. The van der Waals surface area contributed by atoms with Gasteiger partial charge in [0.15, 0.2) is 0 Å². The maximum atomic E-state index is 12.1.